The summed E-state index contributed by atoms with van der Waals surface area (Å²) in [5.74, 6) is -4.79. The third kappa shape index (κ3) is 4.61. The fourth-order valence-electron chi connectivity index (χ4n) is 5.62. The summed E-state index contributed by atoms with van der Waals surface area (Å²) in [6.45, 7) is 1.39. The van der Waals surface area contributed by atoms with Crippen molar-refractivity contribution in [2.24, 2.45) is 0 Å². The van der Waals surface area contributed by atoms with Crippen molar-refractivity contribution in [2.45, 2.75) is 31.1 Å². The molecule has 2 aliphatic rings. The van der Waals surface area contributed by atoms with Gasteiger partial charge < -0.3 is 14.8 Å². The first-order valence-electron chi connectivity index (χ1n) is 12.8. The van der Waals surface area contributed by atoms with Gasteiger partial charge in [-0.2, -0.15) is 0 Å². The third-order valence-corrected chi connectivity index (χ3v) is 7.45. The lowest BCUT2D eigenvalue weighted by Gasteiger charge is -2.28. The summed E-state index contributed by atoms with van der Waals surface area (Å²) < 4.78 is 69.3. The third-order valence-electron chi connectivity index (χ3n) is 7.45. The van der Waals surface area contributed by atoms with Crippen molar-refractivity contribution in [3.8, 4) is 16.9 Å². The maximum Gasteiger partial charge on any atom is 0.232 e. The number of carbonyl (C=O) groups is 1. The van der Waals surface area contributed by atoms with Gasteiger partial charge in [-0.3, -0.25) is 9.78 Å². The van der Waals surface area contributed by atoms with Crippen molar-refractivity contribution < 1.29 is 31.8 Å². The number of hydrogen-bond acceptors (Lipinski definition) is 4. The summed E-state index contributed by atoms with van der Waals surface area (Å²) >= 11 is 0. The van der Waals surface area contributed by atoms with Crippen LogP contribution in [0.1, 0.15) is 42.2 Å². The Balaban J connectivity index is 1.49. The van der Waals surface area contributed by atoms with E-state index >= 15 is 4.39 Å². The molecule has 1 aromatic heterocycles. The summed E-state index contributed by atoms with van der Waals surface area (Å²) in [6.07, 6.45) is 3.18. The van der Waals surface area contributed by atoms with Crippen LogP contribution in [0.2, 0.25) is 0 Å². The van der Waals surface area contributed by atoms with Crippen LogP contribution in [0.25, 0.3) is 22.0 Å². The molecule has 0 aliphatic carbocycles. The zero-order chi connectivity index (χ0) is 27.1. The number of benzene rings is 3. The van der Waals surface area contributed by atoms with Crippen molar-refractivity contribution in [1.29, 1.82) is 0 Å². The van der Waals surface area contributed by atoms with Crippen molar-refractivity contribution in [3.05, 3.63) is 89.1 Å². The molecular formula is C30H24F4N2O3. The number of rotatable bonds is 4. The molecule has 39 heavy (non-hydrogen) atoms. The lowest BCUT2D eigenvalue weighted by atomic mass is 9.86. The smallest absolute Gasteiger partial charge is 0.232 e. The molecule has 0 unspecified atom stereocenters. The topological polar surface area (TPSA) is 60.5 Å². The molecule has 5 nitrogen and oxygen atoms in total. The van der Waals surface area contributed by atoms with Crippen LogP contribution in [0.4, 0.5) is 23.2 Å². The van der Waals surface area contributed by atoms with E-state index in [0.717, 1.165) is 17.7 Å². The maximum atomic E-state index is 15.2. The Hall–Kier alpha value is -3.98. The van der Waals surface area contributed by atoms with E-state index in [0.29, 0.717) is 67.5 Å². The van der Waals surface area contributed by atoms with Gasteiger partial charge in [-0.15, -0.1) is 0 Å². The maximum absolute atomic E-state index is 15.2. The minimum atomic E-state index is -1.42. The van der Waals surface area contributed by atoms with Gasteiger partial charge in [-0.25, -0.2) is 17.6 Å². The number of amides is 1. The van der Waals surface area contributed by atoms with Crippen molar-refractivity contribution in [3.63, 3.8) is 0 Å². The quantitative estimate of drug-likeness (QED) is 0.229. The number of para-hydroxylation sites is 1. The standard InChI is InChI=1S/C30H24F4N2O3/c31-17-13-21(28(34)23(33)14-17)27-22(32)6-5-20-26(16-7-10-38-11-8-16)24(15-35-29(20)27)36-30(37)19-9-12-39-25-4-2-1-3-18(19)25/h1-6,13-16,19H,7-12H2,(H,36,37)/t19-/m0/s1. The lowest BCUT2D eigenvalue weighted by molar-refractivity contribution is -0.118. The number of hydrogen-bond donors (Lipinski definition) is 1. The molecule has 1 fully saturated rings. The molecule has 3 aromatic carbocycles. The first kappa shape index (κ1) is 25.3. The molecule has 2 aliphatic heterocycles. The van der Waals surface area contributed by atoms with E-state index in [1.54, 1.807) is 0 Å². The van der Waals surface area contributed by atoms with Crippen molar-refractivity contribution in [1.82, 2.24) is 4.98 Å². The zero-order valence-electron chi connectivity index (χ0n) is 20.8. The zero-order valence-corrected chi connectivity index (χ0v) is 20.8. The molecule has 200 valence electrons. The van der Waals surface area contributed by atoms with Gasteiger partial charge in [0.1, 0.15) is 17.4 Å². The van der Waals surface area contributed by atoms with Crippen LogP contribution < -0.4 is 10.1 Å². The summed E-state index contributed by atoms with van der Waals surface area (Å²) in [5, 5.41) is 3.49. The predicted octanol–water partition coefficient (Wildman–Crippen LogP) is 6.86. The van der Waals surface area contributed by atoms with E-state index in [4.69, 9.17) is 9.47 Å². The molecule has 3 heterocycles. The van der Waals surface area contributed by atoms with Gasteiger partial charge in [0.2, 0.25) is 5.91 Å². The van der Waals surface area contributed by atoms with Gasteiger partial charge in [-0.05, 0) is 55.0 Å². The predicted molar refractivity (Wildman–Crippen MR) is 138 cm³/mol. The summed E-state index contributed by atoms with van der Waals surface area (Å²) in [4.78, 5) is 17.9. The van der Waals surface area contributed by atoms with Crippen molar-refractivity contribution in [2.75, 3.05) is 25.1 Å². The number of carbonyl (C=O) groups excluding carboxylic acids is 1. The van der Waals surface area contributed by atoms with Gasteiger partial charge in [0, 0.05) is 41.4 Å². The summed E-state index contributed by atoms with van der Waals surface area (Å²) in [7, 11) is 0. The molecule has 1 N–H and O–H groups in total. The summed E-state index contributed by atoms with van der Waals surface area (Å²) in [5.41, 5.74) is 1.09. The number of nitrogens with one attached hydrogen (secondary N) is 1. The fraction of sp³-hybridized carbons (Fsp3) is 0.267. The number of pyridine rings is 1. The molecular weight excluding hydrogens is 512 g/mol. The molecule has 6 rings (SSSR count). The van der Waals surface area contributed by atoms with Crippen LogP contribution in [0, 0.1) is 23.3 Å². The van der Waals surface area contributed by atoms with E-state index in [2.05, 4.69) is 10.3 Å². The minimum absolute atomic E-state index is 0.0507. The number of aromatic nitrogens is 1. The van der Waals surface area contributed by atoms with Crippen LogP contribution in [-0.2, 0) is 9.53 Å². The SMILES string of the molecule is O=C(Nc1cnc2c(-c3cc(F)cc(F)c3F)c(F)ccc2c1C1CCOCC1)[C@H]1CCOc2ccccc21. The molecule has 1 saturated heterocycles. The second-order valence-corrected chi connectivity index (χ2v) is 9.76. The average Bonchev–Trinajstić information content (AvgIpc) is 2.95. The van der Waals surface area contributed by atoms with E-state index in [1.165, 1.54) is 12.3 Å². The molecule has 0 radical (unpaired) electrons. The van der Waals surface area contributed by atoms with Crippen LogP contribution >= 0.6 is 0 Å². The fourth-order valence-corrected chi connectivity index (χ4v) is 5.62. The Morgan fingerprint density at radius 2 is 1.72 bits per heavy atom. The van der Waals surface area contributed by atoms with Crippen LogP contribution in [-0.4, -0.2) is 30.7 Å². The molecule has 0 bridgehead atoms. The molecule has 1 atom stereocenters. The van der Waals surface area contributed by atoms with E-state index in [1.807, 2.05) is 24.3 Å². The molecule has 0 spiro atoms. The highest BCUT2D eigenvalue weighted by molar-refractivity contribution is 6.02. The Kier molecular flexibility index (Phi) is 6.68. The first-order chi connectivity index (χ1) is 18.9. The van der Waals surface area contributed by atoms with Gasteiger partial charge in [0.15, 0.2) is 11.6 Å². The van der Waals surface area contributed by atoms with E-state index < -0.39 is 34.8 Å². The van der Waals surface area contributed by atoms with Gasteiger partial charge in [0.05, 0.1) is 29.9 Å². The Labute approximate surface area is 221 Å². The Morgan fingerprint density at radius 3 is 2.54 bits per heavy atom. The monoisotopic (exact) mass is 536 g/mol. The largest absolute Gasteiger partial charge is 0.493 e. The number of anilines is 1. The Morgan fingerprint density at radius 1 is 0.923 bits per heavy atom. The van der Waals surface area contributed by atoms with Gasteiger partial charge in [-0.1, -0.05) is 18.2 Å². The lowest BCUT2D eigenvalue weighted by Crippen LogP contribution is -2.27. The molecule has 1 amide bonds. The highest BCUT2D eigenvalue weighted by Crippen LogP contribution is 2.42. The normalized spacial score (nSPS) is 17.5. The van der Waals surface area contributed by atoms with Crippen LogP contribution in [0.3, 0.4) is 0 Å². The highest BCUT2D eigenvalue weighted by Gasteiger charge is 2.30. The number of fused-ring (bicyclic) bond motifs is 2. The van der Waals surface area contributed by atoms with E-state index in [-0.39, 0.29) is 22.9 Å². The first-order valence-corrected chi connectivity index (χ1v) is 12.8. The number of halogens is 4. The van der Waals surface area contributed by atoms with Crippen LogP contribution in [0.15, 0.2) is 54.7 Å². The number of ether oxygens (including phenoxy) is 2. The summed E-state index contributed by atoms with van der Waals surface area (Å²) in [6, 6.07) is 11.2. The molecule has 0 saturated carbocycles. The van der Waals surface area contributed by atoms with Crippen LogP contribution in [0.5, 0.6) is 5.75 Å². The number of nitrogens with zero attached hydrogens (tertiary/aromatic N) is 1. The van der Waals surface area contributed by atoms with E-state index in [9.17, 15) is 18.0 Å². The second kappa shape index (κ2) is 10.3. The minimum Gasteiger partial charge on any atom is -0.493 e. The molecule has 9 heteroatoms. The van der Waals surface area contributed by atoms with Crippen molar-refractivity contribution >= 4 is 22.5 Å². The highest BCUT2D eigenvalue weighted by atomic mass is 19.2. The average molecular weight is 537 g/mol. The van der Waals surface area contributed by atoms with Gasteiger partial charge >= 0.3 is 0 Å². The van der Waals surface area contributed by atoms with Gasteiger partial charge in [0.25, 0.3) is 0 Å². The Bertz CT molecular complexity index is 1590. The second-order valence-electron chi connectivity index (χ2n) is 9.76. The molecule has 4 aromatic rings.